The lowest BCUT2D eigenvalue weighted by molar-refractivity contribution is -0.134. The molecule has 0 unspecified atom stereocenters. The average molecular weight is 300 g/mol. The Morgan fingerprint density at radius 3 is 2.43 bits per heavy atom. The number of hydrogen-bond acceptors (Lipinski definition) is 2. The number of rotatable bonds is 2. The molecule has 0 aliphatic carbocycles. The van der Waals surface area contributed by atoms with Crippen LogP contribution in [0.5, 0.6) is 0 Å². The molecule has 114 valence electrons. The maximum absolute atomic E-state index is 12.5. The van der Waals surface area contributed by atoms with E-state index >= 15 is 0 Å². The smallest absolute Gasteiger partial charge is 0.338 e. The van der Waals surface area contributed by atoms with E-state index in [2.05, 4.69) is 5.32 Å². The number of carbonyl (C=O) groups is 2. The molecule has 2 amide bonds. The first-order valence-corrected chi connectivity index (χ1v) is 6.42. The van der Waals surface area contributed by atoms with Crippen molar-refractivity contribution >= 4 is 17.5 Å². The number of para-hydroxylation sites is 1. The Kier molecular flexibility index (Phi) is 3.69. The van der Waals surface area contributed by atoms with Gasteiger partial charge in [0, 0.05) is 6.54 Å². The fourth-order valence-corrected chi connectivity index (χ4v) is 2.21. The van der Waals surface area contributed by atoms with E-state index in [-0.39, 0.29) is 11.3 Å². The van der Waals surface area contributed by atoms with Crippen LogP contribution >= 0.6 is 0 Å². The van der Waals surface area contributed by atoms with E-state index in [1.807, 2.05) is 0 Å². The van der Waals surface area contributed by atoms with E-state index < -0.39 is 36.5 Å². The van der Waals surface area contributed by atoms with Gasteiger partial charge in [0.25, 0.3) is 11.8 Å². The summed E-state index contributed by atoms with van der Waals surface area (Å²) in [6.07, 6.45) is -5.50. The number of nitrogens with zero attached hydrogens (tertiary/aromatic N) is 1. The van der Waals surface area contributed by atoms with Crippen LogP contribution in [-0.2, 0) is 4.79 Å². The number of benzene rings is 1. The van der Waals surface area contributed by atoms with Gasteiger partial charge in [-0.3, -0.25) is 9.59 Å². The van der Waals surface area contributed by atoms with Crippen molar-refractivity contribution in [1.82, 2.24) is 5.32 Å². The minimum absolute atomic E-state index is 0.193. The SMILES string of the molecule is CC1(C)NC(=O)c2ccccc2N(CCC(F)(F)F)C1=O. The number of fused-ring (bicyclic) bond motifs is 1. The van der Waals surface area contributed by atoms with Crippen molar-refractivity contribution < 1.29 is 22.8 Å². The first kappa shape index (κ1) is 15.3. The first-order chi connectivity index (χ1) is 9.62. The second-order valence-electron chi connectivity index (χ2n) is 5.42. The van der Waals surface area contributed by atoms with Crippen LogP contribution in [0, 0.1) is 0 Å². The number of alkyl halides is 3. The second kappa shape index (κ2) is 5.05. The summed E-state index contributed by atoms with van der Waals surface area (Å²) in [6, 6.07) is 6.14. The molecule has 1 aromatic rings. The molecule has 1 aromatic carbocycles. The summed E-state index contributed by atoms with van der Waals surface area (Å²) < 4.78 is 37.4. The largest absolute Gasteiger partial charge is 0.390 e. The molecule has 7 heteroatoms. The highest BCUT2D eigenvalue weighted by Gasteiger charge is 2.40. The van der Waals surface area contributed by atoms with Gasteiger partial charge in [0.15, 0.2) is 0 Å². The second-order valence-corrected chi connectivity index (χ2v) is 5.42. The predicted molar refractivity (Wildman–Crippen MR) is 71.0 cm³/mol. The molecule has 4 nitrogen and oxygen atoms in total. The highest BCUT2D eigenvalue weighted by Crippen LogP contribution is 2.29. The highest BCUT2D eigenvalue weighted by atomic mass is 19.4. The fraction of sp³-hybridized carbons (Fsp3) is 0.429. The zero-order valence-electron chi connectivity index (χ0n) is 11.6. The lowest BCUT2D eigenvalue weighted by Crippen LogP contribution is -2.54. The number of halogens is 3. The highest BCUT2D eigenvalue weighted by molar-refractivity contribution is 6.12. The van der Waals surface area contributed by atoms with Gasteiger partial charge >= 0.3 is 6.18 Å². The third-order valence-electron chi connectivity index (χ3n) is 3.26. The quantitative estimate of drug-likeness (QED) is 0.912. The molecule has 0 aromatic heterocycles. The monoisotopic (exact) mass is 300 g/mol. The van der Waals surface area contributed by atoms with Gasteiger partial charge in [0.2, 0.25) is 0 Å². The molecule has 0 radical (unpaired) electrons. The number of hydrogen-bond donors (Lipinski definition) is 1. The van der Waals surface area contributed by atoms with Crippen molar-refractivity contribution in [3.63, 3.8) is 0 Å². The lowest BCUT2D eigenvalue weighted by atomic mass is 10.0. The van der Waals surface area contributed by atoms with E-state index in [1.165, 1.54) is 26.0 Å². The summed E-state index contributed by atoms with van der Waals surface area (Å²) in [5.41, 5.74) is -0.866. The molecule has 1 aliphatic heterocycles. The van der Waals surface area contributed by atoms with E-state index in [1.54, 1.807) is 12.1 Å². The zero-order chi connectivity index (χ0) is 15.8. The molecule has 21 heavy (non-hydrogen) atoms. The van der Waals surface area contributed by atoms with Gasteiger partial charge < -0.3 is 10.2 Å². The molecule has 0 saturated carbocycles. The Hall–Kier alpha value is -2.05. The van der Waals surface area contributed by atoms with Crippen LogP contribution in [0.15, 0.2) is 24.3 Å². The normalized spacial score (nSPS) is 18.0. The predicted octanol–water partition coefficient (Wildman–Crippen LogP) is 2.49. The minimum atomic E-state index is -4.37. The number of anilines is 1. The van der Waals surface area contributed by atoms with Crippen LogP contribution in [0.2, 0.25) is 0 Å². The maximum atomic E-state index is 12.5. The Balaban J connectivity index is 2.45. The van der Waals surface area contributed by atoms with Crippen LogP contribution in [-0.4, -0.2) is 30.1 Å². The summed E-state index contributed by atoms with van der Waals surface area (Å²) in [5, 5.41) is 2.54. The van der Waals surface area contributed by atoms with Gasteiger partial charge in [-0.25, -0.2) is 0 Å². The molecule has 0 spiro atoms. The Bertz CT molecular complexity index is 582. The summed E-state index contributed by atoms with van der Waals surface area (Å²) in [6.45, 7) is 2.43. The van der Waals surface area contributed by atoms with Crippen LogP contribution in [0.25, 0.3) is 0 Å². The van der Waals surface area contributed by atoms with Crippen LogP contribution in [0.3, 0.4) is 0 Å². The molecule has 0 saturated heterocycles. The van der Waals surface area contributed by atoms with Crippen LogP contribution in [0.1, 0.15) is 30.6 Å². The maximum Gasteiger partial charge on any atom is 0.390 e. The van der Waals surface area contributed by atoms with Gasteiger partial charge in [0.05, 0.1) is 17.7 Å². The van der Waals surface area contributed by atoms with Crippen molar-refractivity contribution in [2.75, 3.05) is 11.4 Å². The number of nitrogens with one attached hydrogen (secondary N) is 1. The Morgan fingerprint density at radius 1 is 1.19 bits per heavy atom. The average Bonchev–Trinajstić information content (AvgIpc) is 2.43. The number of amides is 2. The van der Waals surface area contributed by atoms with Crippen molar-refractivity contribution in [2.24, 2.45) is 0 Å². The van der Waals surface area contributed by atoms with Gasteiger partial charge in [-0.1, -0.05) is 12.1 Å². The standard InChI is InChI=1S/C14H15F3N2O2/c1-13(2)12(21)19(8-7-14(15,16)17)10-6-4-3-5-9(10)11(20)18-13/h3-6H,7-8H2,1-2H3,(H,18,20). The molecule has 1 aliphatic rings. The van der Waals surface area contributed by atoms with Crippen molar-refractivity contribution in [3.8, 4) is 0 Å². The third-order valence-corrected chi connectivity index (χ3v) is 3.26. The molecular formula is C14H15F3N2O2. The van der Waals surface area contributed by atoms with Gasteiger partial charge in [-0.15, -0.1) is 0 Å². The summed E-state index contributed by atoms with van der Waals surface area (Å²) >= 11 is 0. The van der Waals surface area contributed by atoms with E-state index in [9.17, 15) is 22.8 Å². The third kappa shape index (κ3) is 3.17. The Labute approximate surface area is 119 Å². The van der Waals surface area contributed by atoms with Crippen molar-refractivity contribution in [3.05, 3.63) is 29.8 Å². The molecule has 0 bridgehead atoms. The molecule has 0 atom stereocenters. The number of carbonyl (C=O) groups excluding carboxylic acids is 2. The Morgan fingerprint density at radius 2 is 1.81 bits per heavy atom. The van der Waals surface area contributed by atoms with E-state index in [0.29, 0.717) is 0 Å². The molecule has 0 fully saturated rings. The zero-order valence-corrected chi connectivity index (χ0v) is 11.6. The van der Waals surface area contributed by atoms with E-state index in [4.69, 9.17) is 0 Å². The molecular weight excluding hydrogens is 285 g/mol. The lowest BCUT2D eigenvalue weighted by Gasteiger charge is -2.29. The van der Waals surface area contributed by atoms with Crippen molar-refractivity contribution in [2.45, 2.75) is 32.0 Å². The topological polar surface area (TPSA) is 49.4 Å². The molecule has 1 heterocycles. The summed E-state index contributed by atoms with van der Waals surface area (Å²) in [4.78, 5) is 25.6. The summed E-state index contributed by atoms with van der Waals surface area (Å²) in [5.74, 6) is -1.04. The fourth-order valence-electron chi connectivity index (χ4n) is 2.21. The molecule has 2 rings (SSSR count). The molecule has 1 N–H and O–H groups in total. The van der Waals surface area contributed by atoms with Crippen LogP contribution < -0.4 is 10.2 Å². The first-order valence-electron chi connectivity index (χ1n) is 6.42. The van der Waals surface area contributed by atoms with Gasteiger partial charge in [0.1, 0.15) is 5.54 Å². The van der Waals surface area contributed by atoms with E-state index in [0.717, 1.165) is 4.90 Å². The minimum Gasteiger partial charge on any atom is -0.338 e. The van der Waals surface area contributed by atoms with Gasteiger partial charge in [-0.05, 0) is 26.0 Å². The van der Waals surface area contributed by atoms with Crippen molar-refractivity contribution in [1.29, 1.82) is 0 Å². The summed E-state index contributed by atoms with van der Waals surface area (Å²) in [7, 11) is 0. The van der Waals surface area contributed by atoms with Gasteiger partial charge in [-0.2, -0.15) is 13.2 Å². The van der Waals surface area contributed by atoms with Crippen LogP contribution in [0.4, 0.5) is 18.9 Å².